The minimum atomic E-state index is -3.49. The zero-order valence-corrected chi connectivity index (χ0v) is 15.6. The number of methoxy groups -OCH3 is 1. The molecule has 2 aromatic rings. The summed E-state index contributed by atoms with van der Waals surface area (Å²) in [4.78, 5) is 2.50. The van der Waals surface area contributed by atoms with Crippen LogP contribution in [0.3, 0.4) is 0 Å². The molecule has 1 saturated heterocycles. The standard InChI is InChI=1S/C18H21ClN2O3S/c1-24-17-6-2-4-15(12-17)14-20-8-10-21(11-9-20)25(22,23)18-7-3-5-16(19)13-18/h2-7,12-13H,8-11,14H2,1H3. The Morgan fingerprint density at radius 1 is 1.04 bits per heavy atom. The molecule has 1 aliphatic rings. The molecule has 134 valence electrons. The lowest BCUT2D eigenvalue weighted by atomic mass is 10.2. The Bertz CT molecular complexity index is 834. The lowest BCUT2D eigenvalue weighted by molar-refractivity contribution is 0.181. The van der Waals surface area contributed by atoms with Gasteiger partial charge in [-0.3, -0.25) is 4.90 Å². The molecule has 0 saturated carbocycles. The maximum atomic E-state index is 12.7. The van der Waals surface area contributed by atoms with E-state index in [9.17, 15) is 8.42 Å². The van der Waals surface area contributed by atoms with Gasteiger partial charge in [-0.1, -0.05) is 29.8 Å². The molecule has 0 aromatic heterocycles. The van der Waals surface area contributed by atoms with Gasteiger partial charge in [0.1, 0.15) is 5.75 Å². The summed E-state index contributed by atoms with van der Waals surface area (Å²) in [6, 6.07) is 14.4. The summed E-state index contributed by atoms with van der Waals surface area (Å²) in [6.45, 7) is 3.11. The average molecular weight is 381 g/mol. The van der Waals surface area contributed by atoms with Crippen LogP contribution in [0, 0.1) is 0 Å². The Hall–Kier alpha value is -1.60. The fourth-order valence-electron chi connectivity index (χ4n) is 2.93. The van der Waals surface area contributed by atoms with Crippen LogP contribution in [0.25, 0.3) is 0 Å². The van der Waals surface area contributed by atoms with Crippen LogP contribution in [0.5, 0.6) is 5.75 Å². The summed E-state index contributed by atoms with van der Waals surface area (Å²) in [6.07, 6.45) is 0. The lowest BCUT2D eigenvalue weighted by Crippen LogP contribution is -2.48. The van der Waals surface area contributed by atoms with Crippen molar-refractivity contribution in [3.8, 4) is 5.75 Å². The van der Waals surface area contributed by atoms with Crippen LogP contribution < -0.4 is 4.74 Å². The minimum absolute atomic E-state index is 0.251. The minimum Gasteiger partial charge on any atom is -0.497 e. The maximum absolute atomic E-state index is 12.7. The SMILES string of the molecule is COc1cccc(CN2CCN(S(=O)(=O)c3cccc(Cl)c3)CC2)c1. The molecule has 1 heterocycles. The average Bonchev–Trinajstić information content (AvgIpc) is 2.62. The van der Waals surface area contributed by atoms with Gasteiger partial charge in [0.05, 0.1) is 12.0 Å². The number of hydrogen-bond acceptors (Lipinski definition) is 4. The van der Waals surface area contributed by atoms with E-state index in [2.05, 4.69) is 11.0 Å². The molecule has 1 aliphatic heterocycles. The second kappa shape index (κ2) is 7.74. The van der Waals surface area contributed by atoms with E-state index in [1.807, 2.05) is 18.2 Å². The van der Waals surface area contributed by atoms with Gasteiger partial charge in [0.25, 0.3) is 0 Å². The molecular formula is C18H21ClN2O3S. The molecular weight excluding hydrogens is 360 g/mol. The van der Waals surface area contributed by atoms with E-state index in [1.165, 1.54) is 10.4 Å². The summed E-state index contributed by atoms with van der Waals surface area (Å²) in [5.74, 6) is 0.833. The van der Waals surface area contributed by atoms with Crippen LogP contribution >= 0.6 is 11.6 Å². The largest absolute Gasteiger partial charge is 0.497 e. The Morgan fingerprint density at radius 3 is 2.44 bits per heavy atom. The molecule has 2 aromatic carbocycles. The van der Waals surface area contributed by atoms with E-state index in [4.69, 9.17) is 16.3 Å². The highest BCUT2D eigenvalue weighted by Crippen LogP contribution is 2.22. The molecule has 25 heavy (non-hydrogen) atoms. The smallest absolute Gasteiger partial charge is 0.243 e. The Morgan fingerprint density at radius 2 is 1.76 bits per heavy atom. The highest BCUT2D eigenvalue weighted by molar-refractivity contribution is 7.89. The van der Waals surface area contributed by atoms with Gasteiger partial charge in [0.2, 0.25) is 10.0 Å². The fourth-order valence-corrected chi connectivity index (χ4v) is 4.66. The molecule has 0 aliphatic carbocycles. The van der Waals surface area contributed by atoms with E-state index < -0.39 is 10.0 Å². The highest BCUT2D eigenvalue weighted by Gasteiger charge is 2.28. The quantitative estimate of drug-likeness (QED) is 0.800. The van der Waals surface area contributed by atoms with Crippen LogP contribution in [-0.4, -0.2) is 50.9 Å². The summed E-state index contributed by atoms with van der Waals surface area (Å²) in [7, 11) is -1.84. The molecule has 0 N–H and O–H groups in total. The van der Waals surface area contributed by atoms with E-state index in [1.54, 1.807) is 25.3 Å². The van der Waals surface area contributed by atoms with Gasteiger partial charge < -0.3 is 4.74 Å². The third-order valence-electron chi connectivity index (χ3n) is 4.31. The molecule has 0 amide bonds. The predicted octanol–water partition coefficient (Wildman–Crippen LogP) is 2.86. The summed E-state index contributed by atoms with van der Waals surface area (Å²) in [5, 5.41) is 0.428. The van der Waals surface area contributed by atoms with Crippen molar-refractivity contribution in [2.75, 3.05) is 33.3 Å². The number of benzene rings is 2. The molecule has 0 radical (unpaired) electrons. The van der Waals surface area contributed by atoms with E-state index >= 15 is 0 Å². The van der Waals surface area contributed by atoms with Gasteiger partial charge in [-0.05, 0) is 35.9 Å². The zero-order chi connectivity index (χ0) is 17.9. The van der Waals surface area contributed by atoms with Crippen LogP contribution in [0.4, 0.5) is 0 Å². The molecule has 7 heteroatoms. The fraction of sp³-hybridized carbons (Fsp3) is 0.333. The number of halogens is 1. The Kier molecular flexibility index (Phi) is 5.64. The number of rotatable bonds is 5. The zero-order valence-electron chi connectivity index (χ0n) is 14.1. The number of sulfonamides is 1. The van der Waals surface area contributed by atoms with Gasteiger partial charge in [0.15, 0.2) is 0 Å². The van der Waals surface area contributed by atoms with Gasteiger partial charge in [0, 0.05) is 37.7 Å². The van der Waals surface area contributed by atoms with Gasteiger partial charge in [-0.2, -0.15) is 4.31 Å². The molecule has 0 unspecified atom stereocenters. The third kappa shape index (κ3) is 4.33. The predicted molar refractivity (Wildman–Crippen MR) is 98.5 cm³/mol. The van der Waals surface area contributed by atoms with Crippen molar-refractivity contribution >= 4 is 21.6 Å². The number of nitrogens with zero attached hydrogens (tertiary/aromatic N) is 2. The van der Waals surface area contributed by atoms with Crippen LogP contribution in [0.2, 0.25) is 5.02 Å². The second-order valence-electron chi connectivity index (χ2n) is 5.99. The first-order valence-electron chi connectivity index (χ1n) is 8.10. The number of ether oxygens (including phenoxy) is 1. The first-order chi connectivity index (χ1) is 12.0. The summed E-state index contributed by atoms with van der Waals surface area (Å²) >= 11 is 5.93. The second-order valence-corrected chi connectivity index (χ2v) is 8.36. The topological polar surface area (TPSA) is 49.9 Å². The van der Waals surface area contributed by atoms with Crippen molar-refractivity contribution in [3.63, 3.8) is 0 Å². The van der Waals surface area contributed by atoms with Crippen molar-refractivity contribution in [2.24, 2.45) is 0 Å². The van der Waals surface area contributed by atoms with E-state index in [-0.39, 0.29) is 4.90 Å². The summed E-state index contributed by atoms with van der Waals surface area (Å²) < 4.78 is 32.2. The number of hydrogen-bond donors (Lipinski definition) is 0. The van der Waals surface area contributed by atoms with E-state index in [0.717, 1.165) is 17.9 Å². The highest BCUT2D eigenvalue weighted by atomic mass is 35.5. The molecule has 5 nitrogen and oxygen atoms in total. The molecule has 0 spiro atoms. The molecule has 0 atom stereocenters. The van der Waals surface area contributed by atoms with Crippen LogP contribution in [0.15, 0.2) is 53.4 Å². The first-order valence-corrected chi connectivity index (χ1v) is 9.92. The van der Waals surface area contributed by atoms with Crippen LogP contribution in [0.1, 0.15) is 5.56 Å². The van der Waals surface area contributed by atoms with Crippen molar-refractivity contribution in [3.05, 3.63) is 59.1 Å². The van der Waals surface area contributed by atoms with Gasteiger partial charge in [-0.25, -0.2) is 8.42 Å². The van der Waals surface area contributed by atoms with Crippen molar-refractivity contribution in [2.45, 2.75) is 11.4 Å². The normalized spacial score (nSPS) is 16.7. The van der Waals surface area contributed by atoms with Crippen molar-refractivity contribution < 1.29 is 13.2 Å². The Labute approximate surface area is 153 Å². The molecule has 0 bridgehead atoms. The van der Waals surface area contributed by atoms with Crippen molar-refractivity contribution in [1.29, 1.82) is 0 Å². The summed E-state index contributed by atoms with van der Waals surface area (Å²) in [5.41, 5.74) is 1.16. The third-order valence-corrected chi connectivity index (χ3v) is 6.44. The number of piperazine rings is 1. The van der Waals surface area contributed by atoms with Gasteiger partial charge >= 0.3 is 0 Å². The monoisotopic (exact) mass is 380 g/mol. The molecule has 3 rings (SSSR count). The van der Waals surface area contributed by atoms with Crippen LogP contribution in [-0.2, 0) is 16.6 Å². The maximum Gasteiger partial charge on any atom is 0.243 e. The van der Waals surface area contributed by atoms with E-state index in [0.29, 0.717) is 31.2 Å². The molecule has 1 fully saturated rings. The van der Waals surface area contributed by atoms with Crippen molar-refractivity contribution in [1.82, 2.24) is 9.21 Å². The van der Waals surface area contributed by atoms with Gasteiger partial charge in [-0.15, -0.1) is 0 Å². The Balaban J connectivity index is 1.63. The first kappa shape index (κ1) is 18.2. The lowest BCUT2D eigenvalue weighted by Gasteiger charge is -2.34.